The van der Waals surface area contributed by atoms with E-state index in [-0.39, 0.29) is 17.2 Å². The van der Waals surface area contributed by atoms with Gasteiger partial charge in [0.2, 0.25) is 11.8 Å². The molecule has 1 N–H and O–H groups in total. The molecule has 5 nitrogen and oxygen atoms in total. The lowest BCUT2D eigenvalue weighted by atomic mass is 9.84. The predicted octanol–water partition coefficient (Wildman–Crippen LogP) is 4.51. The fourth-order valence-electron chi connectivity index (χ4n) is 5.67. The van der Waals surface area contributed by atoms with Crippen molar-refractivity contribution in [2.45, 2.75) is 78.7 Å². The average Bonchev–Trinajstić information content (AvgIpc) is 2.78. The molecule has 184 valence electrons. The van der Waals surface area contributed by atoms with Crippen LogP contribution < -0.4 is 5.32 Å². The van der Waals surface area contributed by atoms with E-state index in [1.807, 2.05) is 18.2 Å². The molecule has 3 rings (SSSR count). The molecule has 2 amide bonds. The first-order valence-corrected chi connectivity index (χ1v) is 13.0. The van der Waals surface area contributed by atoms with Crippen molar-refractivity contribution in [1.29, 1.82) is 0 Å². The lowest BCUT2D eigenvalue weighted by Gasteiger charge is -2.41. The van der Waals surface area contributed by atoms with E-state index in [9.17, 15) is 9.59 Å². The minimum Gasteiger partial charge on any atom is -0.356 e. The lowest BCUT2D eigenvalue weighted by molar-refractivity contribution is -0.134. The number of benzene rings is 1. The fourth-order valence-corrected chi connectivity index (χ4v) is 5.67. The maximum absolute atomic E-state index is 12.7. The molecule has 2 fully saturated rings. The van der Waals surface area contributed by atoms with Gasteiger partial charge in [-0.3, -0.25) is 9.59 Å². The summed E-state index contributed by atoms with van der Waals surface area (Å²) in [5.41, 5.74) is 1.54. The highest BCUT2D eigenvalue weighted by Gasteiger charge is 2.32. The molecule has 1 aromatic rings. The summed E-state index contributed by atoms with van der Waals surface area (Å²) < 4.78 is 0. The minimum absolute atomic E-state index is 0.142. The molecule has 1 atom stereocenters. The first kappa shape index (κ1) is 25.7. The van der Waals surface area contributed by atoms with E-state index in [1.54, 1.807) is 0 Å². The van der Waals surface area contributed by atoms with Gasteiger partial charge >= 0.3 is 0 Å². The summed E-state index contributed by atoms with van der Waals surface area (Å²) in [5.74, 6) is 1.13. The molecule has 2 heterocycles. The molecular formula is C28H45N3O2. The van der Waals surface area contributed by atoms with Gasteiger partial charge in [0.1, 0.15) is 0 Å². The Morgan fingerprint density at radius 2 is 1.64 bits per heavy atom. The number of nitrogens with one attached hydrogen (secondary N) is 1. The van der Waals surface area contributed by atoms with Crippen molar-refractivity contribution >= 4 is 11.8 Å². The van der Waals surface area contributed by atoms with Gasteiger partial charge < -0.3 is 15.1 Å². The van der Waals surface area contributed by atoms with Crippen LogP contribution >= 0.6 is 0 Å². The van der Waals surface area contributed by atoms with E-state index in [4.69, 9.17) is 0 Å². The smallest absolute Gasteiger partial charge is 0.223 e. The van der Waals surface area contributed by atoms with Crippen molar-refractivity contribution in [1.82, 2.24) is 15.1 Å². The van der Waals surface area contributed by atoms with Crippen LogP contribution in [0.2, 0.25) is 0 Å². The van der Waals surface area contributed by atoms with E-state index >= 15 is 0 Å². The van der Waals surface area contributed by atoms with Crippen LogP contribution in [0.1, 0.15) is 71.8 Å². The maximum Gasteiger partial charge on any atom is 0.223 e. The molecule has 1 unspecified atom stereocenters. The first-order valence-electron chi connectivity index (χ1n) is 13.0. The average molecular weight is 456 g/mol. The molecule has 0 aliphatic carbocycles. The van der Waals surface area contributed by atoms with Gasteiger partial charge in [0.25, 0.3) is 0 Å². The summed E-state index contributed by atoms with van der Waals surface area (Å²) >= 11 is 0. The molecule has 1 aromatic carbocycles. The van der Waals surface area contributed by atoms with Crippen LogP contribution in [-0.2, 0) is 16.0 Å². The second-order valence-corrected chi connectivity index (χ2v) is 11.5. The minimum atomic E-state index is 0.142. The molecule has 2 saturated heterocycles. The first-order chi connectivity index (χ1) is 15.7. The number of piperidine rings is 2. The Labute approximate surface area is 201 Å². The third-order valence-electron chi connectivity index (χ3n) is 7.27. The molecule has 0 spiro atoms. The third kappa shape index (κ3) is 8.44. The Morgan fingerprint density at radius 1 is 1.00 bits per heavy atom. The normalized spacial score (nSPS) is 19.9. The van der Waals surface area contributed by atoms with Gasteiger partial charge in [-0.2, -0.15) is 0 Å². The number of likely N-dealkylation sites (tertiary alicyclic amines) is 2. The summed E-state index contributed by atoms with van der Waals surface area (Å²) in [6, 6.07) is 10.9. The van der Waals surface area contributed by atoms with Gasteiger partial charge in [-0.1, -0.05) is 58.0 Å². The SMILES string of the molecule is CC(CC(=O)N1CCC(N2CCC(C(=O)NCCc3ccccc3)CC2)CC1)CC(C)(C)C. The summed E-state index contributed by atoms with van der Waals surface area (Å²) in [6.45, 7) is 13.4. The summed E-state index contributed by atoms with van der Waals surface area (Å²) in [5, 5.41) is 3.14. The van der Waals surface area contributed by atoms with Crippen molar-refractivity contribution in [2.75, 3.05) is 32.7 Å². The number of amides is 2. The Morgan fingerprint density at radius 3 is 2.24 bits per heavy atom. The Kier molecular flexibility index (Phi) is 9.37. The highest BCUT2D eigenvalue weighted by molar-refractivity contribution is 5.78. The molecule has 5 heteroatoms. The van der Waals surface area contributed by atoms with Crippen LogP contribution in [0, 0.1) is 17.3 Å². The number of nitrogens with zero attached hydrogens (tertiary/aromatic N) is 2. The monoisotopic (exact) mass is 455 g/mol. The van der Waals surface area contributed by atoms with Crippen LogP contribution in [0.3, 0.4) is 0 Å². The fraction of sp³-hybridized carbons (Fsp3) is 0.714. The van der Waals surface area contributed by atoms with Gasteiger partial charge in [-0.05, 0) is 68.5 Å². The molecule has 0 bridgehead atoms. The largest absolute Gasteiger partial charge is 0.356 e. The number of carbonyl (C=O) groups is 2. The predicted molar refractivity (Wildman–Crippen MR) is 135 cm³/mol. The number of carbonyl (C=O) groups excluding carboxylic acids is 2. The maximum atomic E-state index is 12.7. The zero-order valence-electron chi connectivity index (χ0n) is 21.3. The van der Waals surface area contributed by atoms with Gasteiger partial charge in [-0.15, -0.1) is 0 Å². The second kappa shape index (κ2) is 12.0. The van der Waals surface area contributed by atoms with Crippen LogP contribution in [0.25, 0.3) is 0 Å². The summed E-state index contributed by atoms with van der Waals surface area (Å²) in [6.07, 6.45) is 6.66. The molecule has 2 aliphatic rings. The second-order valence-electron chi connectivity index (χ2n) is 11.5. The lowest BCUT2D eigenvalue weighted by Crippen LogP contribution is -2.50. The molecule has 0 radical (unpaired) electrons. The number of rotatable bonds is 8. The zero-order chi connectivity index (χ0) is 23.8. The van der Waals surface area contributed by atoms with Crippen molar-refractivity contribution in [3.05, 3.63) is 35.9 Å². The van der Waals surface area contributed by atoms with E-state index in [2.05, 4.69) is 54.9 Å². The van der Waals surface area contributed by atoms with Gasteiger partial charge in [0.15, 0.2) is 0 Å². The number of hydrogen-bond donors (Lipinski definition) is 1. The summed E-state index contributed by atoms with van der Waals surface area (Å²) in [7, 11) is 0. The quantitative estimate of drug-likeness (QED) is 0.627. The van der Waals surface area contributed by atoms with E-state index in [0.717, 1.165) is 64.7 Å². The Bertz CT molecular complexity index is 742. The molecule has 2 aliphatic heterocycles. The van der Waals surface area contributed by atoms with Gasteiger partial charge in [0, 0.05) is 38.0 Å². The highest BCUT2D eigenvalue weighted by Crippen LogP contribution is 2.28. The molecule has 0 aromatic heterocycles. The van der Waals surface area contributed by atoms with Crippen LogP contribution in [0.5, 0.6) is 0 Å². The molecular weight excluding hydrogens is 410 g/mol. The standard InChI is InChI=1S/C28H45N3O2/c1-22(21-28(2,3)4)20-26(32)31-18-13-25(14-19-31)30-16-11-24(12-17-30)27(33)29-15-10-23-8-6-5-7-9-23/h5-9,22,24-25H,10-21H2,1-4H3,(H,29,33). The summed E-state index contributed by atoms with van der Waals surface area (Å²) in [4.78, 5) is 30.0. The third-order valence-corrected chi connectivity index (χ3v) is 7.27. The van der Waals surface area contributed by atoms with Gasteiger partial charge in [0.05, 0.1) is 0 Å². The van der Waals surface area contributed by atoms with Crippen LogP contribution in [-0.4, -0.2) is 60.4 Å². The van der Waals surface area contributed by atoms with Crippen molar-refractivity contribution in [3.63, 3.8) is 0 Å². The van der Waals surface area contributed by atoms with Gasteiger partial charge in [-0.25, -0.2) is 0 Å². The Hall–Kier alpha value is -1.88. The van der Waals surface area contributed by atoms with Crippen LogP contribution in [0.4, 0.5) is 0 Å². The number of hydrogen-bond acceptors (Lipinski definition) is 3. The molecule has 0 saturated carbocycles. The Balaban J connectivity index is 1.33. The van der Waals surface area contributed by atoms with E-state index in [0.29, 0.717) is 30.8 Å². The van der Waals surface area contributed by atoms with E-state index in [1.165, 1.54) is 5.56 Å². The highest BCUT2D eigenvalue weighted by atomic mass is 16.2. The van der Waals surface area contributed by atoms with Crippen molar-refractivity contribution < 1.29 is 9.59 Å². The molecule has 33 heavy (non-hydrogen) atoms. The van der Waals surface area contributed by atoms with Crippen molar-refractivity contribution in [2.24, 2.45) is 17.3 Å². The zero-order valence-corrected chi connectivity index (χ0v) is 21.3. The topological polar surface area (TPSA) is 52.7 Å². The van der Waals surface area contributed by atoms with Crippen molar-refractivity contribution in [3.8, 4) is 0 Å². The van der Waals surface area contributed by atoms with Crippen LogP contribution in [0.15, 0.2) is 30.3 Å². The van der Waals surface area contributed by atoms with E-state index < -0.39 is 0 Å².